The smallest absolute Gasteiger partial charge is 0.223 e. The Kier molecular flexibility index (Phi) is 4.40. The molecule has 0 aromatic rings. The van der Waals surface area contributed by atoms with Gasteiger partial charge in [0.15, 0.2) is 0 Å². The van der Waals surface area contributed by atoms with Crippen LogP contribution in [0.4, 0.5) is 0 Å². The number of amides is 1. The Balaban J connectivity index is 1.73. The highest BCUT2D eigenvalue weighted by Crippen LogP contribution is 2.34. The van der Waals surface area contributed by atoms with Crippen molar-refractivity contribution < 1.29 is 4.79 Å². The predicted octanol–water partition coefficient (Wildman–Crippen LogP) is 0.442. The summed E-state index contributed by atoms with van der Waals surface area (Å²) in [4.78, 5) is 14.3. The topological polar surface area (TPSA) is 44.4 Å². The van der Waals surface area contributed by atoms with Crippen LogP contribution in [0.25, 0.3) is 0 Å². The Morgan fingerprint density at radius 1 is 1.29 bits per heavy atom. The number of carbonyl (C=O) groups is 1. The van der Waals surface area contributed by atoms with Gasteiger partial charge in [-0.05, 0) is 58.8 Å². The summed E-state index contributed by atoms with van der Waals surface area (Å²) in [5.41, 5.74) is 0. The number of rotatable bonds is 5. The molecule has 1 heterocycles. The first kappa shape index (κ1) is 12.8. The molecule has 98 valence electrons. The maximum Gasteiger partial charge on any atom is 0.223 e. The van der Waals surface area contributed by atoms with E-state index in [1.165, 1.54) is 12.8 Å². The highest BCUT2D eigenvalue weighted by atomic mass is 16.1. The van der Waals surface area contributed by atoms with Gasteiger partial charge in [-0.3, -0.25) is 4.79 Å². The first-order valence-electron chi connectivity index (χ1n) is 6.83. The third kappa shape index (κ3) is 3.68. The molecule has 0 spiro atoms. The van der Waals surface area contributed by atoms with Crippen LogP contribution >= 0.6 is 0 Å². The molecule has 4 nitrogen and oxygen atoms in total. The molecular formula is C13H25N3O. The second-order valence-electron chi connectivity index (χ2n) is 5.64. The minimum atomic E-state index is 0.235. The van der Waals surface area contributed by atoms with Crippen molar-refractivity contribution in [2.24, 2.45) is 11.8 Å². The van der Waals surface area contributed by atoms with E-state index in [1.807, 2.05) is 0 Å². The van der Waals surface area contributed by atoms with Crippen molar-refractivity contribution in [3.63, 3.8) is 0 Å². The maximum atomic E-state index is 12.0. The van der Waals surface area contributed by atoms with Gasteiger partial charge in [0.25, 0.3) is 0 Å². The molecule has 17 heavy (non-hydrogen) atoms. The summed E-state index contributed by atoms with van der Waals surface area (Å²) in [5.74, 6) is 1.30. The van der Waals surface area contributed by atoms with Crippen molar-refractivity contribution in [1.82, 2.24) is 15.5 Å². The first-order valence-corrected chi connectivity index (χ1v) is 6.83. The Labute approximate surface area is 104 Å². The third-order valence-corrected chi connectivity index (χ3v) is 4.02. The van der Waals surface area contributed by atoms with E-state index in [0.29, 0.717) is 6.04 Å². The van der Waals surface area contributed by atoms with E-state index in [0.717, 1.165) is 38.4 Å². The van der Waals surface area contributed by atoms with Gasteiger partial charge in [-0.25, -0.2) is 0 Å². The van der Waals surface area contributed by atoms with Crippen LogP contribution in [-0.2, 0) is 4.79 Å². The summed E-state index contributed by atoms with van der Waals surface area (Å²) in [5, 5.41) is 6.44. The highest BCUT2D eigenvalue weighted by molar-refractivity contribution is 5.78. The SMILES string of the molecule is CN(C)C(CNC(=O)C1CCNCC1)C1CC1. The van der Waals surface area contributed by atoms with Crippen molar-refractivity contribution in [3.8, 4) is 0 Å². The van der Waals surface area contributed by atoms with Gasteiger partial charge < -0.3 is 15.5 Å². The average molecular weight is 239 g/mol. The lowest BCUT2D eigenvalue weighted by molar-refractivity contribution is -0.126. The fourth-order valence-electron chi connectivity index (χ4n) is 2.69. The van der Waals surface area contributed by atoms with E-state index >= 15 is 0 Å². The molecule has 1 unspecified atom stereocenters. The van der Waals surface area contributed by atoms with Crippen molar-refractivity contribution in [1.29, 1.82) is 0 Å². The molecule has 0 aromatic carbocycles. The van der Waals surface area contributed by atoms with Crippen LogP contribution < -0.4 is 10.6 Å². The second-order valence-corrected chi connectivity index (χ2v) is 5.64. The molecule has 1 amide bonds. The van der Waals surface area contributed by atoms with Gasteiger partial charge in [-0.15, -0.1) is 0 Å². The van der Waals surface area contributed by atoms with Crippen molar-refractivity contribution in [3.05, 3.63) is 0 Å². The third-order valence-electron chi connectivity index (χ3n) is 4.02. The van der Waals surface area contributed by atoms with E-state index in [9.17, 15) is 4.79 Å². The quantitative estimate of drug-likeness (QED) is 0.732. The zero-order valence-electron chi connectivity index (χ0n) is 11.0. The van der Waals surface area contributed by atoms with E-state index in [1.54, 1.807) is 0 Å². The largest absolute Gasteiger partial charge is 0.354 e. The van der Waals surface area contributed by atoms with Crippen LogP contribution in [0.3, 0.4) is 0 Å². The number of hydrogen-bond acceptors (Lipinski definition) is 3. The molecule has 2 N–H and O–H groups in total. The standard InChI is InChI=1S/C13H25N3O/c1-16(2)12(10-3-4-10)9-15-13(17)11-5-7-14-8-6-11/h10-12,14H,3-9H2,1-2H3,(H,15,17). The molecule has 2 aliphatic rings. The lowest BCUT2D eigenvalue weighted by Crippen LogP contribution is -2.45. The molecule has 0 aromatic heterocycles. The van der Waals surface area contributed by atoms with Crippen LogP contribution in [-0.4, -0.2) is 50.6 Å². The Bertz CT molecular complexity index is 255. The van der Waals surface area contributed by atoms with Gasteiger partial charge in [0, 0.05) is 18.5 Å². The highest BCUT2D eigenvalue weighted by Gasteiger charge is 2.33. The molecule has 2 rings (SSSR count). The minimum absolute atomic E-state index is 0.235. The lowest BCUT2D eigenvalue weighted by Gasteiger charge is -2.27. The second kappa shape index (κ2) is 5.83. The average Bonchev–Trinajstić information content (AvgIpc) is 3.14. The van der Waals surface area contributed by atoms with Crippen molar-refractivity contribution >= 4 is 5.91 Å². The number of nitrogens with one attached hydrogen (secondary N) is 2. The minimum Gasteiger partial charge on any atom is -0.354 e. The van der Waals surface area contributed by atoms with E-state index in [2.05, 4.69) is 29.6 Å². The summed E-state index contributed by atoms with van der Waals surface area (Å²) >= 11 is 0. The van der Waals surface area contributed by atoms with Crippen LogP contribution in [0.15, 0.2) is 0 Å². The van der Waals surface area contributed by atoms with Crippen molar-refractivity contribution in [2.75, 3.05) is 33.7 Å². The van der Waals surface area contributed by atoms with E-state index in [-0.39, 0.29) is 11.8 Å². The predicted molar refractivity (Wildman–Crippen MR) is 68.8 cm³/mol. The first-order chi connectivity index (χ1) is 8.18. The fourth-order valence-corrected chi connectivity index (χ4v) is 2.69. The number of likely N-dealkylation sites (N-methyl/N-ethyl adjacent to an activating group) is 1. The molecule has 1 saturated carbocycles. The molecule has 1 atom stereocenters. The Morgan fingerprint density at radius 2 is 1.94 bits per heavy atom. The molecule has 1 aliphatic heterocycles. The monoisotopic (exact) mass is 239 g/mol. The van der Waals surface area contributed by atoms with E-state index in [4.69, 9.17) is 0 Å². The summed E-state index contributed by atoms with van der Waals surface area (Å²) < 4.78 is 0. The van der Waals surface area contributed by atoms with Crippen molar-refractivity contribution in [2.45, 2.75) is 31.7 Å². The van der Waals surface area contributed by atoms with Crippen LogP contribution in [0.2, 0.25) is 0 Å². The summed E-state index contributed by atoms with van der Waals surface area (Å²) in [6, 6.07) is 0.528. The van der Waals surface area contributed by atoms with Gasteiger partial charge >= 0.3 is 0 Å². The number of carbonyl (C=O) groups excluding carboxylic acids is 1. The molecule has 1 aliphatic carbocycles. The number of piperidine rings is 1. The molecule has 2 fully saturated rings. The van der Waals surface area contributed by atoms with Crippen LogP contribution in [0, 0.1) is 11.8 Å². The van der Waals surface area contributed by atoms with Gasteiger partial charge in [0.1, 0.15) is 0 Å². The maximum absolute atomic E-state index is 12.0. The fraction of sp³-hybridized carbons (Fsp3) is 0.923. The zero-order chi connectivity index (χ0) is 12.3. The van der Waals surface area contributed by atoms with Crippen LogP contribution in [0.5, 0.6) is 0 Å². The van der Waals surface area contributed by atoms with E-state index < -0.39 is 0 Å². The normalized spacial score (nSPS) is 23.7. The molecule has 4 heteroatoms. The number of nitrogens with zero attached hydrogens (tertiary/aromatic N) is 1. The molecule has 0 bridgehead atoms. The van der Waals surface area contributed by atoms with Crippen LogP contribution in [0.1, 0.15) is 25.7 Å². The van der Waals surface area contributed by atoms with Gasteiger partial charge in [-0.1, -0.05) is 0 Å². The molecule has 0 radical (unpaired) electrons. The number of hydrogen-bond donors (Lipinski definition) is 2. The van der Waals surface area contributed by atoms with Gasteiger partial charge in [0.05, 0.1) is 0 Å². The van der Waals surface area contributed by atoms with Gasteiger partial charge in [-0.2, -0.15) is 0 Å². The Hall–Kier alpha value is -0.610. The zero-order valence-corrected chi connectivity index (χ0v) is 11.0. The molecule has 1 saturated heterocycles. The molecular weight excluding hydrogens is 214 g/mol. The Morgan fingerprint density at radius 3 is 2.47 bits per heavy atom. The summed E-state index contributed by atoms with van der Waals surface area (Å²) in [6.07, 6.45) is 4.63. The van der Waals surface area contributed by atoms with Gasteiger partial charge in [0.2, 0.25) is 5.91 Å². The summed E-state index contributed by atoms with van der Waals surface area (Å²) in [7, 11) is 4.22. The lowest BCUT2D eigenvalue weighted by atomic mass is 9.97. The summed E-state index contributed by atoms with van der Waals surface area (Å²) in [6.45, 7) is 2.79.